The molecule has 21 heavy (non-hydrogen) atoms. The third-order valence-corrected chi connectivity index (χ3v) is 4.65. The average molecular weight is 311 g/mol. The molecule has 2 rings (SSSR count). The van der Waals surface area contributed by atoms with Gasteiger partial charge in [-0.2, -0.15) is 0 Å². The van der Waals surface area contributed by atoms with Gasteiger partial charge in [0, 0.05) is 42.3 Å². The third kappa shape index (κ3) is 4.12. The number of ether oxygens (including phenoxy) is 1. The molecule has 1 heterocycles. The molecule has 1 aliphatic rings. The van der Waals surface area contributed by atoms with Gasteiger partial charge < -0.3 is 10.1 Å². The van der Waals surface area contributed by atoms with Gasteiger partial charge in [0.2, 0.25) is 0 Å². The number of nitrogens with one attached hydrogen (secondary N) is 1. The van der Waals surface area contributed by atoms with Crippen molar-refractivity contribution in [2.75, 3.05) is 20.2 Å². The fourth-order valence-electron chi connectivity index (χ4n) is 3.10. The first kappa shape index (κ1) is 16.6. The van der Waals surface area contributed by atoms with Crippen LogP contribution in [0.3, 0.4) is 0 Å². The standard InChI is InChI=1S/C17H27ClN2O/c1-5-15-11-20(16(9-19-15)12(2)3)10-13-8-14(18)6-7-17(13)21-4/h6-8,12,15-16,19H,5,9-11H2,1-4H3. The number of rotatable bonds is 5. The SMILES string of the molecule is CCC1CN(Cc2cc(Cl)ccc2OC)C(C(C)C)CN1. The Labute approximate surface area is 133 Å². The molecule has 2 unspecified atom stereocenters. The summed E-state index contributed by atoms with van der Waals surface area (Å²) < 4.78 is 5.49. The minimum Gasteiger partial charge on any atom is -0.496 e. The number of piperazine rings is 1. The summed E-state index contributed by atoms with van der Waals surface area (Å²) in [5.41, 5.74) is 1.17. The lowest BCUT2D eigenvalue weighted by Crippen LogP contribution is -2.57. The Morgan fingerprint density at radius 1 is 1.43 bits per heavy atom. The molecule has 118 valence electrons. The van der Waals surface area contributed by atoms with Gasteiger partial charge in [0.25, 0.3) is 0 Å². The second-order valence-corrected chi connectivity index (χ2v) is 6.65. The van der Waals surface area contributed by atoms with Crippen LogP contribution in [0.5, 0.6) is 5.75 Å². The highest BCUT2D eigenvalue weighted by molar-refractivity contribution is 6.30. The third-order valence-electron chi connectivity index (χ3n) is 4.42. The number of hydrogen-bond donors (Lipinski definition) is 1. The Balaban J connectivity index is 2.19. The Morgan fingerprint density at radius 2 is 2.19 bits per heavy atom. The van der Waals surface area contributed by atoms with E-state index in [1.807, 2.05) is 18.2 Å². The van der Waals surface area contributed by atoms with Crippen LogP contribution in [0.1, 0.15) is 32.8 Å². The number of benzene rings is 1. The van der Waals surface area contributed by atoms with Crippen molar-refractivity contribution in [2.45, 2.75) is 45.8 Å². The summed E-state index contributed by atoms with van der Waals surface area (Å²) >= 11 is 6.16. The van der Waals surface area contributed by atoms with E-state index < -0.39 is 0 Å². The molecule has 0 aliphatic carbocycles. The summed E-state index contributed by atoms with van der Waals surface area (Å²) in [6.07, 6.45) is 1.16. The largest absolute Gasteiger partial charge is 0.496 e. The summed E-state index contributed by atoms with van der Waals surface area (Å²) in [7, 11) is 1.72. The molecular weight excluding hydrogens is 284 g/mol. The van der Waals surface area contributed by atoms with Crippen molar-refractivity contribution in [2.24, 2.45) is 5.92 Å². The molecule has 0 radical (unpaired) electrons. The van der Waals surface area contributed by atoms with Crippen LogP contribution in [0.15, 0.2) is 18.2 Å². The molecule has 0 amide bonds. The maximum absolute atomic E-state index is 6.16. The van der Waals surface area contributed by atoms with Crippen LogP contribution in [-0.4, -0.2) is 37.2 Å². The van der Waals surface area contributed by atoms with Crippen molar-refractivity contribution >= 4 is 11.6 Å². The van der Waals surface area contributed by atoms with E-state index in [-0.39, 0.29) is 0 Å². The number of nitrogens with zero attached hydrogens (tertiary/aromatic N) is 1. The number of methoxy groups -OCH3 is 1. The second-order valence-electron chi connectivity index (χ2n) is 6.21. The Bertz CT molecular complexity index is 464. The lowest BCUT2D eigenvalue weighted by Gasteiger charge is -2.42. The average Bonchev–Trinajstić information content (AvgIpc) is 2.47. The van der Waals surface area contributed by atoms with E-state index in [0.717, 1.165) is 36.8 Å². The molecule has 3 nitrogen and oxygen atoms in total. The minimum absolute atomic E-state index is 0.552. The highest BCUT2D eigenvalue weighted by atomic mass is 35.5. The summed E-state index contributed by atoms with van der Waals surface area (Å²) in [6.45, 7) is 9.85. The van der Waals surface area contributed by atoms with Crippen LogP contribution in [0.4, 0.5) is 0 Å². The summed E-state index contributed by atoms with van der Waals surface area (Å²) in [6, 6.07) is 7.00. The number of hydrogen-bond acceptors (Lipinski definition) is 3. The quantitative estimate of drug-likeness (QED) is 0.900. The Kier molecular flexibility index (Phi) is 5.91. The van der Waals surface area contributed by atoms with Gasteiger partial charge in [0.1, 0.15) is 5.75 Å². The maximum Gasteiger partial charge on any atom is 0.123 e. The van der Waals surface area contributed by atoms with Crippen LogP contribution in [0.25, 0.3) is 0 Å². The van der Waals surface area contributed by atoms with Gasteiger partial charge in [-0.25, -0.2) is 0 Å². The monoisotopic (exact) mass is 310 g/mol. The predicted molar refractivity (Wildman–Crippen MR) is 89.1 cm³/mol. The highest BCUT2D eigenvalue weighted by Gasteiger charge is 2.29. The first-order chi connectivity index (χ1) is 10.0. The molecule has 0 aromatic heterocycles. The topological polar surface area (TPSA) is 24.5 Å². The summed E-state index contributed by atoms with van der Waals surface area (Å²) in [5, 5.41) is 4.43. The molecule has 1 aromatic rings. The minimum atomic E-state index is 0.552. The van der Waals surface area contributed by atoms with Crippen molar-refractivity contribution < 1.29 is 4.74 Å². The van der Waals surface area contributed by atoms with Crippen molar-refractivity contribution in [3.8, 4) is 5.75 Å². The molecule has 0 saturated carbocycles. The second kappa shape index (κ2) is 7.48. The van der Waals surface area contributed by atoms with E-state index in [0.29, 0.717) is 18.0 Å². The van der Waals surface area contributed by atoms with E-state index in [4.69, 9.17) is 16.3 Å². The predicted octanol–water partition coefficient (Wildman–Crippen LogP) is 3.56. The van der Waals surface area contributed by atoms with E-state index in [1.165, 1.54) is 5.56 Å². The first-order valence-electron chi connectivity index (χ1n) is 7.85. The molecule has 0 spiro atoms. The molecule has 4 heteroatoms. The van der Waals surface area contributed by atoms with E-state index in [2.05, 4.69) is 31.0 Å². The molecule has 0 bridgehead atoms. The molecule has 1 N–H and O–H groups in total. The van der Waals surface area contributed by atoms with Crippen molar-refractivity contribution in [1.29, 1.82) is 0 Å². The zero-order valence-electron chi connectivity index (χ0n) is 13.5. The molecule has 1 saturated heterocycles. The van der Waals surface area contributed by atoms with Gasteiger partial charge in [0.05, 0.1) is 7.11 Å². The highest BCUT2D eigenvalue weighted by Crippen LogP contribution is 2.27. The van der Waals surface area contributed by atoms with Gasteiger partial charge in [-0.1, -0.05) is 32.4 Å². The summed E-state index contributed by atoms with van der Waals surface area (Å²) in [4.78, 5) is 2.57. The van der Waals surface area contributed by atoms with Crippen LogP contribution in [0.2, 0.25) is 5.02 Å². The molecular formula is C17H27ClN2O. The molecule has 1 aliphatic heterocycles. The smallest absolute Gasteiger partial charge is 0.123 e. The first-order valence-corrected chi connectivity index (χ1v) is 8.22. The Morgan fingerprint density at radius 3 is 2.81 bits per heavy atom. The van der Waals surface area contributed by atoms with E-state index in [1.54, 1.807) is 7.11 Å². The molecule has 1 fully saturated rings. The lowest BCUT2D eigenvalue weighted by atomic mass is 9.97. The van der Waals surface area contributed by atoms with Gasteiger partial charge >= 0.3 is 0 Å². The van der Waals surface area contributed by atoms with Crippen molar-refractivity contribution in [3.05, 3.63) is 28.8 Å². The van der Waals surface area contributed by atoms with E-state index >= 15 is 0 Å². The van der Waals surface area contributed by atoms with Crippen LogP contribution < -0.4 is 10.1 Å². The maximum atomic E-state index is 6.16. The van der Waals surface area contributed by atoms with Gasteiger partial charge in [-0.15, -0.1) is 0 Å². The fourth-order valence-corrected chi connectivity index (χ4v) is 3.30. The molecule has 1 aromatic carbocycles. The van der Waals surface area contributed by atoms with E-state index in [9.17, 15) is 0 Å². The summed E-state index contributed by atoms with van der Waals surface area (Å²) in [5.74, 6) is 1.55. The molecule has 2 atom stereocenters. The van der Waals surface area contributed by atoms with Crippen molar-refractivity contribution in [1.82, 2.24) is 10.2 Å². The Hall–Kier alpha value is -0.770. The normalized spacial score (nSPS) is 23.5. The van der Waals surface area contributed by atoms with Crippen molar-refractivity contribution in [3.63, 3.8) is 0 Å². The number of halogens is 1. The van der Waals surface area contributed by atoms with Gasteiger partial charge in [0.15, 0.2) is 0 Å². The fraction of sp³-hybridized carbons (Fsp3) is 0.647. The zero-order valence-corrected chi connectivity index (χ0v) is 14.3. The zero-order chi connectivity index (χ0) is 15.4. The van der Waals surface area contributed by atoms with Crippen LogP contribution in [-0.2, 0) is 6.54 Å². The van der Waals surface area contributed by atoms with Crippen LogP contribution in [0, 0.1) is 5.92 Å². The van der Waals surface area contributed by atoms with Crippen LogP contribution >= 0.6 is 11.6 Å². The van der Waals surface area contributed by atoms with Gasteiger partial charge in [-0.05, 0) is 30.5 Å². The lowest BCUT2D eigenvalue weighted by molar-refractivity contribution is 0.0892. The van der Waals surface area contributed by atoms with Gasteiger partial charge in [-0.3, -0.25) is 4.90 Å².